The second-order valence-corrected chi connectivity index (χ2v) is 5.33. The van der Waals surface area contributed by atoms with Crippen LogP contribution in [0, 0.1) is 13.8 Å². The van der Waals surface area contributed by atoms with Gasteiger partial charge in [0.05, 0.1) is 11.7 Å². The summed E-state index contributed by atoms with van der Waals surface area (Å²) in [6.45, 7) is 4.05. The van der Waals surface area contributed by atoms with E-state index in [1.807, 2.05) is 31.2 Å². The molecule has 2 aromatic rings. The molecule has 0 saturated heterocycles. The third-order valence-corrected chi connectivity index (χ3v) is 4.05. The monoisotopic (exact) mass is 252 g/mol. The van der Waals surface area contributed by atoms with Crippen LogP contribution < -0.4 is 5.73 Å². The van der Waals surface area contributed by atoms with Gasteiger partial charge in [-0.05, 0) is 25.5 Å². The van der Waals surface area contributed by atoms with E-state index in [1.54, 1.807) is 11.3 Å². The van der Waals surface area contributed by atoms with Crippen LogP contribution in [0.4, 0.5) is 0 Å². The molecule has 0 saturated carbocycles. The first-order chi connectivity index (χ1) is 7.59. The van der Waals surface area contributed by atoms with Gasteiger partial charge in [-0.1, -0.05) is 29.8 Å². The van der Waals surface area contributed by atoms with Crippen molar-refractivity contribution in [2.75, 3.05) is 0 Å². The molecule has 1 atom stereocenters. The number of nitrogens with two attached hydrogens (primary N) is 1. The van der Waals surface area contributed by atoms with Crippen LogP contribution in [0.2, 0.25) is 5.02 Å². The number of hydrogen-bond donors (Lipinski definition) is 1. The maximum absolute atomic E-state index is 6.16. The summed E-state index contributed by atoms with van der Waals surface area (Å²) in [5.74, 6) is 0. The van der Waals surface area contributed by atoms with Crippen LogP contribution >= 0.6 is 22.9 Å². The number of aryl methyl sites for hydroxylation is 2. The molecule has 2 N–H and O–H groups in total. The highest BCUT2D eigenvalue weighted by atomic mass is 35.5. The van der Waals surface area contributed by atoms with Crippen molar-refractivity contribution in [2.45, 2.75) is 19.9 Å². The topological polar surface area (TPSA) is 38.9 Å². The fourth-order valence-corrected chi connectivity index (χ4v) is 2.69. The summed E-state index contributed by atoms with van der Waals surface area (Å²) in [7, 11) is 0. The minimum atomic E-state index is -0.230. The molecule has 4 heteroatoms. The predicted molar refractivity (Wildman–Crippen MR) is 69.1 cm³/mol. The first kappa shape index (κ1) is 11.6. The van der Waals surface area contributed by atoms with Crippen molar-refractivity contribution in [3.8, 4) is 0 Å². The molecule has 1 aromatic heterocycles. The second kappa shape index (κ2) is 4.53. The van der Waals surface area contributed by atoms with Gasteiger partial charge in [0.25, 0.3) is 0 Å². The van der Waals surface area contributed by atoms with Crippen LogP contribution in [0.3, 0.4) is 0 Å². The summed E-state index contributed by atoms with van der Waals surface area (Å²) in [6.07, 6.45) is 0. The van der Waals surface area contributed by atoms with E-state index >= 15 is 0 Å². The molecule has 0 aliphatic rings. The van der Waals surface area contributed by atoms with E-state index in [9.17, 15) is 0 Å². The number of hydrogen-bond acceptors (Lipinski definition) is 3. The fraction of sp³-hybridized carbons (Fsp3) is 0.250. The molecule has 0 spiro atoms. The van der Waals surface area contributed by atoms with Crippen LogP contribution in [0.15, 0.2) is 24.3 Å². The van der Waals surface area contributed by atoms with Gasteiger partial charge in [0.2, 0.25) is 0 Å². The van der Waals surface area contributed by atoms with Crippen molar-refractivity contribution in [1.29, 1.82) is 0 Å². The van der Waals surface area contributed by atoms with Gasteiger partial charge in [0, 0.05) is 9.90 Å². The van der Waals surface area contributed by atoms with E-state index in [4.69, 9.17) is 17.3 Å². The van der Waals surface area contributed by atoms with E-state index in [0.717, 1.165) is 16.3 Å². The summed E-state index contributed by atoms with van der Waals surface area (Å²) in [6, 6.07) is 7.40. The average molecular weight is 253 g/mol. The molecule has 2 rings (SSSR count). The Morgan fingerprint density at radius 1 is 1.31 bits per heavy atom. The molecule has 0 aliphatic carbocycles. The summed E-state index contributed by atoms with van der Waals surface area (Å²) >= 11 is 7.74. The van der Waals surface area contributed by atoms with E-state index in [-0.39, 0.29) is 6.04 Å². The number of benzene rings is 1. The van der Waals surface area contributed by atoms with E-state index in [0.29, 0.717) is 5.02 Å². The zero-order chi connectivity index (χ0) is 11.7. The normalized spacial score (nSPS) is 12.8. The lowest BCUT2D eigenvalue weighted by molar-refractivity contribution is 0.852. The van der Waals surface area contributed by atoms with Gasteiger partial charge < -0.3 is 5.73 Å². The van der Waals surface area contributed by atoms with Crippen molar-refractivity contribution in [1.82, 2.24) is 4.98 Å². The van der Waals surface area contributed by atoms with Crippen LogP contribution in [0.25, 0.3) is 0 Å². The quantitative estimate of drug-likeness (QED) is 0.889. The molecule has 0 bridgehead atoms. The third kappa shape index (κ3) is 2.12. The highest BCUT2D eigenvalue weighted by Crippen LogP contribution is 2.29. The van der Waals surface area contributed by atoms with Gasteiger partial charge in [-0.15, -0.1) is 11.3 Å². The number of halogens is 1. The summed E-state index contributed by atoms with van der Waals surface area (Å²) < 4.78 is 0. The first-order valence-electron chi connectivity index (χ1n) is 5.03. The van der Waals surface area contributed by atoms with Crippen molar-refractivity contribution >= 4 is 22.9 Å². The Kier molecular flexibility index (Phi) is 3.28. The van der Waals surface area contributed by atoms with Gasteiger partial charge in [-0.2, -0.15) is 0 Å². The van der Waals surface area contributed by atoms with Gasteiger partial charge in [-0.3, -0.25) is 0 Å². The maximum Gasteiger partial charge on any atom is 0.114 e. The highest BCUT2D eigenvalue weighted by Gasteiger charge is 2.16. The number of nitrogens with zero attached hydrogens (tertiary/aromatic N) is 1. The molecule has 2 nitrogen and oxygen atoms in total. The van der Waals surface area contributed by atoms with Crippen LogP contribution in [-0.2, 0) is 0 Å². The average Bonchev–Trinajstić information content (AvgIpc) is 2.59. The summed E-state index contributed by atoms with van der Waals surface area (Å²) in [5.41, 5.74) is 8.14. The molecule has 1 unspecified atom stereocenters. The molecule has 84 valence electrons. The van der Waals surface area contributed by atoms with E-state index in [2.05, 4.69) is 11.9 Å². The lowest BCUT2D eigenvalue weighted by atomic mass is 10.1. The molecule has 1 aromatic carbocycles. The predicted octanol–water partition coefficient (Wildman–Crippen LogP) is 3.46. The first-order valence-corrected chi connectivity index (χ1v) is 6.23. The molecule has 0 fully saturated rings. The second-order valence-electron chi connectivity index (χ2n) is 3.69. The van der Waals surface area contributed by atoms with Gasteiger partial charge in [0.1, 0.15) is 5.01 Å². The lowest BCUT2D eigenvalue weighted by Crippen LogP contribution is -2.11. The zero-order valence-electron chi connectivity index (χ0n) is 9.20. The minimum absolute atomic E-state index is 0.230. The van der Waals surface area contributed by atoms with Crippen molar-refractivity contribution in [3.63, 3.8) is 0 Å². The Morgan fingerprint density at radius 2 is 2.00 bits per heavy atom. The fourth-order valence-electron chi connectivity index (χ4n) is 1.49. The molecule has 0 amide bonds. The summed E-state index contributed by atoms with van der Waals surface area (Å²) in [5, 5.41) is 1.61. The van der Waals surface area contributed by atoms with Crippen molar-refractivity contribution in [3.05, 3.63) is 50.4 Å². The number of rotatable bonds is 2. The lowest BCUT2D eigenvalue weighted by Gasteiger charge is -2.10. The number of thiazole rings is 1. The number of aromatic nitrogens is 1. The largest absolute Gasteiger partial charge is 0.318 e. The Morgan fingerprint density at radius 3 is 2.56 bits per heavy atom. The Bertz CT molecular complexity index is 488. The highest BCUT2D eigenvalue weighted by molar-refractivity contribution is 7.11. The minimum Gasteiger partial charge on any atom is -0.318 e. The van der Waals surface area contributed by atoms with Crippen molar-refractivity contribution in [2.24, 2.45) is 5.73 Å². The zero-order valence-corrected chi connectivity index (χ0v) is 10.8. The van der Waals surface area contributed by atoms with Crippen LogP contribution in [0.1, 0.15) is 27.2 Å². The van der Waals surface area contributed by atoms with Gasteiger partial charge >= 0.3 is 0 Å². The Balaban J connectivity index is 2.39. The standard InChI is InChI=1S/C12H13ClN2S/c1-7-8(2)16-12(15-7)11(14)9-5-3-4-6-10(9)13/h3-6,11H,14H2,1-2H3. The molecule has 0 radical (unpaired) electrons. The van der Waals surface area contributed by atoms with Crippen molar-refractivity contribution < 1.29 is 0 Å². The summed E-state index contributed by atoms with van der Waals surface area (Å²) in [4.78, 5) is 5.67. The SMILES string of the molecule is Cc1nc(C(N)c2ccccc2Cl)sc1C. The van der Waals surface area contributed by atoms with Crippen LogP contribution in [0.5, 0.6) is 0 Å². The van der Waals surface area contributed by atoms with Gasteiger partial charge in [0.15, 0.2) is 0 Å². The van der Waals surface area contributed by atoms with Gasteiger partial charge in [-0.25, -0.2) is 4.98 Å². The van der Waals surface area contributed by atoms with E-state index in [1.165, 1.54) is 4.88 Å². The molecule has 16 heavy (non-hydrogen) atoms. The molecular weight excluding hydrogens is 240 g/mol. The molecule has 1 heterocycles. The molecule has 0 aliphatic heterocycles. The molecular formula is C12H13ClN2S. The smallest absolute Gasteiger partial charge is 0.114 e. The van der Waals surface area contributed by atoms with Crippen LogP contribution in [-0.4, -0.2) is 4.98 Å². The Hall–Kier alpha value is -0.900. The van der Waals surface area contributed by atoms with E-state index < -0.39 is 0 Å². The maximum atomic E-state index is 6.16. The Labute approximate surface area is 104 Å². The third-order valence-electron chi connectivity index (χ3n) is 2.55.